The molecule has 1 unspecified atom stereocenters. The molecule has 4 nitrogen and oxygen atoms in total. The van der Waals surface area contributed by atoms with Gasteiger partial charge in [-0.1, -0.05) is 13.0 Å². The molecular weight excluding hydrogens is 242 g/mol. The Labute approximate surface area is 114 Å². The van der Waals surface area contributed by atoms with Gasteiger partial charge in [-0.15, -0.1) is 6.58 Å². The lowest BCUT2D eigenvalue weighted by molar-refractivity contribution is -0.129. The van der Waals surface area contributed by atoms with E-state index in [1.54, 1.807) is 20.1 Å². The van der Waals surface area contributed by atoms with Crippen LogP contribution in [0.3, 0.4) is 0 Å². The molecule has 1 aliphatic heterocycles. The second kappa shape index (κ2) is 5.17. The largest absolute Gasteiger partial charge is 0.380 e. The molecule has 1 saturated carbocycles. The summed E-state index contributed by atoms with van der Waals surface area (Å²) in [4.78, 5) is 24.2. The monoisotopic (exact) mass is 265 g/mol. The first kappa shape index (κ1) is 14.4. The first-order valence-electron chi connectivity index (χ1n) is 6.88. The standard InChI is InChI=1S/C15H23NO3/c1-5-11-6-15(11,10(3)17)7-12(18)14-9(2)13(19-4)8-16-14/h5,9,11,13-14,16H,1,6-8H2,2-4H3/t9?,11-,13+,14+,15+/m1/s1. The van der Waals surface area contributed by atoms with E-state index in [-0.39, 0.29) is 35.5 Å². The average molecular weight is 265 g/mol. The van der Waals surface area contributed by atoms with E-state index in [1.165, 1.54) is 0 Å². The van der Waals surface area contributed by atoms with Crippen LogP contribution < -0.4 is 5.32 Å². The van der Waals surface area contributed by atoms with Crippen molar-refractivity contribution in [2.24, 2.45) is 17.3 Å². The Balaban J connectivity index is 2.02. The number of carbonyl (C=O) groups excluding carboxylic acids is 2. The molecule has 2 fully saturated rings. The first-order valence-corrected chi connectivity index (χ1v) is 6.88. The molecule has 2 rings (SSSR count). The fourth-order valence-electron chi connectivity index (χ4n) is 3.33. The quantitative estimate of drug-likeness (QED) is 0.737. The van der Waals surface area contributed by atoms with Crippen LogP contribution in [0.2, 0.25) is 0 Å². The Hall–Kier alpha value is -1.00. The van der Waals surface area contributed by atoms with Gasteiger partial charge in [0.25, 0.3) is 0 Å². The maximum atomic E-state index is 12.4. The summed E-state index contributed by atoms with van der Waals surface area (Å²) in [6, 6.07) is -0.188. The van der Waals surface area contributed by atoms with Crippen LogP contribution in [0.15, 0.2) is 12.7 Å². The Morgan fingerprint density at radius 2 is 2.21 bits per heavy atom. The van der Waals surface area contributed by atoms with Gasteiger partial charge >= 0.3 is 0 Å². The van der Waals surface area contributed by atoms with Gasteiger partial charge < -0.3 is 10.1 Å². The van der Waals surface area contributed by atoms with Crippen LogP contribution in [0.1, 0.15) is 26.7 Å². The van der Waals surface area contributed by atoms with Crippen molar-refractivity contribution in [1.82, 2.24) is 5.32 Å². The zero-order valence-electron chi connectivity index (χ0n) is 11.9. The van der Waals surface area contributed by atoms with E-state index in [1.807, 2.05) is 6.92 Å². The molecule has 2 aliphatic rings. The lowest BCUT2D eigenvalue weighted by Gasteiger charge is -2.20. The molecule has 0 aromatic rings. The van der Waals surface area contributed by atoms with Crippen molar-refractivity contribution in [3.63, 3.8) is 0 Å². The van der Waals surface area contributed by atoms with Gasteiger partial charge in [0, 0.05) is 31.4 Å². The molecule has 1 N–H and O–H groups in total. The van der Waals surface area contributed by atoms with Crippen molar-refractivity contribution in [1.29, 1.82) is 0 Å². The third-order valence-electron chi connectivity index (χ3n) is 4.91. The Morgan fingerprint density at radius 1 is 1.53 bits per heavy atom. The second-order valence-corrected chi connectivity index (χ2v) is 5.92. The molecule has 19 heavy (non-hydrogen) atoms. The number of ether oxygens (including phenoxy) is 1. The van der Waals surface area contributed by atoms with Gasteiger partial charge in [-0.3, -0.25) is 9.59 Å². The Morgan fingerprint density at radius 3 is 2.63 bits per heavy atom. The highest BCUT2D eigenvalue weighted by Gasteiger charge is 2.58. The minimum Gasteiger partial charge on any atom is -0.380 e. The topological polar surface area (TPSA) is 55.4 Å². The zero-order chi connectivity index (χ0) is 14.2. The third kappa shape index (κ3) is 2.39. The molecular formula is C15H23NO3. The van der Waals surface area contributed by atoms with Gasteiger partial charge in [-0.2, -0.15) is 0 Å². The van der Waals surface area contributed by atoms with Crippen molar-refractivity contribution in [3.8, 4) is 0 Å². The summed E-state index contributed by atoms with van der Waals surface area (Å²) in [6.45, 7) is 8.05. The smallest absolute Gasteiger partial charge is 0.151 e. The number of ketones is 2. The average Bonchev–Trinajstić information content (AvgIpc) is 2.96. The molecule has 4 heteroatoms. The number of methoxy groups -OCH3 is 1. The fourth-order valence-corrected chi connectivity index (χ4v) is 3.33. The summed E-state index contributed by atoms with van der Waals surface area (Å²) in [5.74, 6) is 0.567. The van der Waals surface area contributed by atoms with E-state index in [9.17, 15) is 9.59 Å². The summed E-state index contributed by atoms with van der Waals surface area (Å²) < 4.78 is 5.34. The van der Waals surface area contributed by atoms with Crippen molar-refractivity contribution in [2.75, 3.05) is 13.7 Å². The summed E-state index contributed by atoms with van der Waals surface area (Å²) in [7, 11) is 1.67. The molecule has 106 valence electrons. The van der Waals surface area contributed by atoms with Crippen LogP contribution in [-0.2, 0) is 14.3 Å². The normalized spacial score (nSPS) is 41.0. The number of allylic oxidation sites excluding steroid dienone is 1. The number of hydrogen-bond acceptors (Lipinski definition) is 4. The zero-order valence-corrected chi connectivity index (χ0v) is 11.9. The van der Waals surface area contributed by atoms with E-state index < -0.39 is 5.41 Å². The first-order chi connectivity index (χ1) is 8.96. The highest BCUT2D eigenvalue weighted by molar-refractivity contribution is 5.94. The molecule has 0 aromatic heterocycles. The highest BCUT2D eigenvalue weighted by Crippen LogP contribution is 2.57. The van der Waals surface area contributed by atoms with Crippen molar-refractivity contribution < 1.29 is 14.3 Å². The molecule has 0 spiro atoms. The van der Waals surface area contributed by atoms with Gasteiger partial charge in [-0.25, -0.2) is 0 Å². The fraction of sp³-hybridized carbons (Fsp3) is 0.733. The van der Waals surface area contributed by atoms with Crippen LogP contribution >= 0.6 is 0 Å². The molecule has 1 heterocycles. The van der Waals surface area contributed by atoms with E-state index in [2.05, 4.69) is 11.9 Å². The van der Waals surface area contributed by atoms with Crippen LogP contribution in [0.4, 0.5) is 0 Å². The lowest BCUT2D eigenvalue weighted by Crippen LogP contribution is -2.37. The SMILES string of the molecule is C=C[C@@H]1C[C@]1(CC(=O)[C@H]1NC[C@H](OC)C1C)C(C)=O. The van der Waals surface area contributed by atoms with Gasteiger partial charge in [0.05, 0.1) is 12.1 Å². The van der Waals surface area contributed by atoms with E-state index >= 15 is 0 Å². The molecule has 0 amide bonds. The van der Waals surface area contributed by atoms with Crippen LogP contribution in [-0.4, -0.2) is 37.4 Å². The Kier molecular flexibility index (Phi) is 3.92. The summed E-state index contributed by atoms with van der Waals surface area (Å²) in [5.41, 5.74) is -0.467. The van der Waals surface area contributed by atoms with Crippen molar-refractivity contribution >= 4 is 11.6 Å². The van der Waals surface area contributed by atoms with Gasteiger partial charge in [0.1, 0.15) is 5.78 Å². The number of nitrogens with one attached hydrogen (secondary N) is 1. The molecule has 1 saturated heterocycles. The van der Waals surface area contributed by atoms with E-state index in [0.717, 1.165) is 6.42 Å². The third-order valence-corrected chi connectivity index (χ3v) is 4.91. The summed E-state index contributed by atoms with van der Waals surface area (Å²) in [6.07, 6.45) is 2.98. The van der Waals surface area contributed by atoms with Crippen LogP contribution in [0, 0.1) is 17.3 Å². The summed E-state index contributed by atoms with van der Waals surface area (Å²) >= 11 is 0. The molecule has 0 aromatic carbocycles. The van der Waals surface area contributed by atoms with Crippen LogP contribution in [0.25, 0.3) is 0 Å². The Bertz CT molecular complexity index is 406. The molecule has 0 radical (unpaired) electrons. The lowest BCUT2D eigenvalue weighted by atomic mass is 9.86. The van der Waals surface area contributed by atoms with Crippen LogP contribution in [0.5, 0.6) is 0 Å². The maximum Gasteiger partial charge on any atom is 0.151 e. The number of hydrogen-bond donors (Lipinski definition) is 1. The van der Waals surface area contributed by atoms with Gasteiger partial charge in [0.15, 0.2) is 5.78 Å². The molecule has 0 bridgehead atoms. The number of Topliss-reactive ketones (excluding diaryl/α,β-unsaturated/α-hetero) is 2. The summed E-state index contributed by atoms with van der Waals surface area (Å²) in [5, 5.41) is 3.22. The van der Waals surface area contributed by atoms with Gasteiger partial charge in [-0.05, 0) is 19.3 Å². The minimum absolute atomic E-state index is 0.0802. The predicted octanol–water partition coefficient (Wildman–Crippen LogP) is 1.35. The van der Waals surface area contributed by atoms with E-state index in [0.29, 0.717) is 13.0 Å². The number of rotatable bonds is 6. The second-order valence-electron chi connectivity index (χ2n) is 5.92. The molecule has 1 aliphatic carbocycles. The minimum atomic E-state index is -0.467. The molecule has 5 atom stereocenters. The van der Waals surface area contributed by atoms with Crippen molar-refractivity contribution in [2.45, 2.75) is 38.8 Å². The maximum absolute atomic E-state index is 12.4. The van der Waals surface area contributed by atoms with Crippen molar-refractivity contribution in [3.05, 3.63) is 12.7 Å². The van der Waals surface area contributed by atoms with Gasteiger partial charge in [0.2, 0.25) is 0 Å². The number of carbonyl (C=O) groups is 2. The van der Waals surface area contributed by atoms with E-state index in [4.69, 9.17) is 4.74 Å². The predicted molar refractivity (Wildman–Crippen MR) is 72.8 cm³/mol. The highest BCUT2D eigenvalue weighted by atomic mass is 16.5.